The minimum atomic E-state index is -0.715. The van der Waals surface area contributed by atoms with Gasteiger partial charge in [0.05, 0.1) is 0 Å². The Hall–Kier alpha value is -2.28. The Morgan fingerprint density at radius 3 is 2.65 bits per heavy atom. The zero-order chi connectivity index (χ0) is 17.0. The topological polar surface area (TPSA) is 78.3 Å². The molecular weight excluding hydrogens is 316 g/mol. The van der Waals surface area contributed by atoms with E-state index in [4.69, 9.17) is 4.74 Å². The first-order valence-corrected chi connectivity index (χ1v) is 8.09. The van der Waals surface area contributed by atoms with Crippen molar-refractivity contribution in [3.05, 3.63) is 49.6 Å². The van der Waals surface area contributed by atoms with E-state index in [1.165, 1.54) is 28.2 Å². The molecule has 0 spiro atoms. The van der Waals surface area contributed by atoms with Gasteiger partial charge in [0.2, 0.25) is 5.78 Å². The first-order valence-electron chi connectivity index (χ1n) is 7.28. The number of aryl methyl sites for hydroxylation is 3. The number of nitrogens with zero attached hydrogens (tertiary/aromatic N) is 2. The van der Waals surface area contributed by atoms with Crippen LogP contribution in [0.4, 0.5) is 0 Å². The van der Waals surface area contributed by atoms with Gasteiger partial charge in [0.25, 0.3) is 5.56 Å². The number of ketones is 1. The molecule has 0 aliphatic heterocycles. The Bertz CT molecular complexity index is 792. The zero-order valence-electron chi connectivity index (χ0n) is 13.3. The number of rotatable bonds is 6. The molecule has 0 aliphatic rings. The van der Waals surface area contributed by atoms with Gasteiger partial charge in [-0.25, -0.2) is 9.48 Å². The van der Waals surface area contributed by atoms with Crippen LogP contribution in [0.1, 0.15) is 43.9 Å². The largest absolute Gasteiger partial charge is 0.453 e. The van der Waals surface area contributed by atoms with E-state index in [1.807, 2.05) is 20.8 Å². The Morgan fingerprint density at radius 1 is 1.30 bits per heavy atom. The normalized spacial score (nSPS) is 10.6. The van der Waals surface area contributed by atoms with Crippen LogP contribution in [0.5, 0.6) is 0 Å². The predicted molar refractivity (Wildman–Crippen MR) is 87.2 cm³/mol. The first-order chi connectivity index (χ1) is 10.9. The quantitative estimate of drug-likeness (QED) is 0.598. The summed E-state index contributed by atoms with van der Waals surface area (Å²) in [5.74, 6) is -0.963. The predicted octanol–water partition coefficient (Wildman–Crippen LogP) is 2.37. The average molecular weight is 334 g/mol. The molecule has 0 fully saturated rings. The molecule has 0 bridgehead atoms. The summed E-state index contributed by atoms with van der Waals surface area (Å²) in [4.78, 5) is 37.6. The van der Waals surface area contributed by atoms with Crippen LogP contribution in [0.2, 0.25) is 0 Å². The van der Waals surface area contributed by atoms with Crippen LogP contribution in [0, 0.1) is 13.8 Å². The zero-order valence-corrected chi connectivity index (χ0v) is 14.1. The Labute approximate surface area is 137 Å². The number of thiophene rings is 1. The Kier molecular flexibility index (Phi) is 5.44. The van der Waals surface area contributed by atoms with Crippen LogP contribution in [0.25, 0.3) is 0 Å². The van der Waals surface area contributed by atoms with Gasteiger partial charge in [-0.05, 0) is 32.4 Å². The second-order valence-corrected chi connectivity index (χ2v) is 6.57. The van der Waals surface area contributed by atoms with Gasteiger partial charge < -0.3 is 4.74 Å². The summed E-state index contributed by atoms with van der Waals surface area (Å²) in [6.45, 7) is 5.76. The first kappa shape index (κ1) is 17.1. The number of aromatic nitrogens is 2. The summed E-state index contributed by atoms with van der Waals surface area (Å²) >= 11 is 1.53. The lowest BCUT2D eigenvalue weighted by Gasteiger charge is -2.06. The lowest BCUT2D eigenvalue weighted by Crippen LogP contribution is -2.25. The van der Waals surface area contributed by atoms with E-state index >= 15 is 0 Å². The Morgan fingerprint density at radius 2 is 2.04 bits per heavy atom. The molecule has 0 saturated heterocycles. The highest BCUT2D eigenvalue weighted by molar-refractivity contribution is 7.12. The molecule has 0 N–H and O–H groups in total. The van der Waals surface area contributed by atoms with E-state index in [-0.39, 0.29) is 23.6 Å². The number of ether oxygens (including phenoxy) is 1. The summed E-state index contributed by atoms with van der Waals surface area (Å²) in [5.41, 5.74) is 0.317. The second kappa shape index (κ2) is 7.32. The fraction of sp³-hybridized carbons (Fsp3) is 0.375. The van der Waals surface area contributed by atoms with E-state index in [0.29, 0.717) is 12.1 Å². The van der Waals surface area contributed by atoms with Crippen LogP contribution in [-0.4, -0.2) is 28.1 Å². The molecule has 0 saturated carbocycles. The molecule has 0 aromatic carbocycles. The molecule has 122 valence electrons. The van der Waals surface area contributed by atoms with Crippen molar-refractivity contribution in [3.8, 4) is 0 Å². The molecule has 0 unspecified atom stereocenters. The van der Waals surface area contributed by atoms with Crippen molar-refractivity contribution in [1.82, 2.24) is 9.78 Å². The fourth-order valence-electron chi connectivity index (χ4n) is 2.12. The number of carbonyl (C=O) groups excluding carboxylic acids is 2. The summed E-state index contributed by atoms with van der Waals surface area (Å²) < 4.78 is 6.23. The van der Waals surface area contributed by atoms with E-state index in [9.17, 15) is 14.4 Å². The van der Waals surface area contributed by atoms with E-state index < -0.39 is 5.97 Å². The van der Waals surface area contributed by atoms with Gasteiger partial charge in [0.1, 0.15) is 0 Å². The highest BCUT2D eigenvalue weighted by Crippen LogP contribution is 2.21. The SMILES string of the molecule is CCCn1nc(C(=O)OCC(=O)c2cc(C)sc2C)ccc1=O. The van der Waals surface area contributed by atoms with Crippen molar-refractivity contribution in [2.24, 2.45) is 0 Å². The molecule has 0 radical (unpaired) electrons. The van der Waals surface area contributed by atoms with Crippen molar-refractivity contribution < 1.29 is 14.3 Å². The van der Waals surface area contributed by atoms with Crippen LogP contribution in [0.15, 0.2) is 23.0 Å². The van der Waals surface area contributed by atoms with Crippen LogP contribution in [0.3, 0.4) is 0 Å². The maximum atomic E-state index is 12.1. The van der Waals surface area contributed by atoms with Crippen molar-refractivity contribution >= 4 is 23.1 Å². The molecule has 0 amide bonds. The van der Waals surface area contributed by atoms with Crippen molar-refractivity contribution in [3.63, 3.8) is 0 Å². The third-order valence-corrected chi connectivity index (χ3v) is 4.15. The molecule has 0 atom stereocenters. The molecular formula is C16H18N2O4S. The van der Waals surface area contributed by atoms with Crippen LogP contribution in [-0.2, 0) is 11.3 Å². The smallest absolute Gasteiger partial charge is 0.359 e. The minimum absolute atomic E-state index is 0.0177. The number of Topliss-reactive ketones (excluding diaryl/α,β-unsaturated/α-hetero) is 1. The van der Waals surface area contributed by atoms with Gasteiger partial charge >= 0.3 is 5.97 Å². The van der Waals surface area contributed by atoms with Gasteiger partial charge in [0.15, 0.2) is 12.3 Å². The number of hydrogen-bond donors (Lipinski definition) is 0. The third-order valence-electron chi connectivity index (χ3n) is 3.19. The van der Waals surface area contributed by atoms with Gasteiger partial charge in [-0.3, -0.25) is 9.59 Å². The molecule has 23 heavy (non-hydrogen) atoms. The number of carbonyl (C=O) groups is 2. The number of hydrogen-bond acceptors (Lipinski definition) is 6. The van der Waals surface area contributed by atoms with Gasteiger partial charge in [-0.15, -0.1) is 11.3 Å². The summed E-state index contributed by atoms with van der Waals surface area (Å²) in [7, 11) is 0. The molecule has 0 aliphatic carbocycles. The maximum absolute atomic E-state index is 12.1. The molecule has 2 aromatic heterocycles. The van der Waals surface area contributed by atoms with Crippen molar-refractivity contribution in [2.75, 3.05) is 6.61 Å². The lowest BCUT2D eigenvalue weighted by molar-refractivity contribution is 0.0466. The summed E-state index contributed by atoms with van der Waals surface area (Å²) in [5, 5.41) is 3.95. The highest BCUT2D eigenvalue weighted by Gasteiger charge is 2.16. The molecule has 7 heteroatoms. The van der Waals surface area contributed by atoms with Gasteiger partial charge in [-0.1, -0.05) is 6.92 Å². The minimum Gasteiger partial charge on any atom is -0.453 e. The summed E-state index contributed by atoms with van der Waals surface area (Å²) in [6, 6.07) is 4.37. The molecule has 2 heterocycles. The molecule has 6 nitrogen and oxygen atoms in total. The fourth-order valence-corrected chi connectivity index (χ4v) is 3.06. The number of esters is 1. The second-order valence-electron chi connectivity index (χ2n) is 5.11. The average Bonchev–Trinajstić information content (AvgIpc) is 2.85. The highest BCUT2D eigenvalue weighted by atomic mass is 32.1. The van der Waals surface area contributed by atoms with E-state index in [2.05, 4.69) is 5.10 Å². The molecule has 2 aromatic rings. The standard InChI is InChI=1S/C16H18N2O4S/c1-4-7-18-15(20)6-5-13(17-18)16(21)22-9-14(19)12-8-10(2)23-11(12)3/h5-6,8H,4,7,9H2,1-3H3. The van der Waals surface area contributed by atoms with E-state index in [1.54, 1.807) is 6.07 Å². The monoisotopic (exact) mass is 334 g/mol. The van der Waals surface area contributed by atoms with E-state index in [0.717, 1.165) is 16.2 Å². The Balaban J connectivity index is 2.05. The maximum Gasteiger partial charge on any atom is 0.359 e. The van der Waals surface area contributed by atoms with Gasteiger partial charge in [-0.2, -0.15) is 5.10 Å². The third kappa shape index (κ3) is 4.13. The van der Waals surface area contributed by atoms with Crippen LogP contribution >= 0.6 is 11.3 Å². The molecule has 2 rings (SSSR count). The van der Waals surface area contributed by atoms with Crippen molar-refractivity contribution in [1.29, 1.82) is 0 Å². The summed E-state index contributed by atoms with van der Waals surface area (Å²) in [6.07, 6.45) is 0.723. The van der Waals surface area contributed by atoms with Crippen LogP contribution < -0.4 is 5.56 Å². The van der Waals surface area contributed by atoms with Gasteiger partial charge in [0, 0.05) is 27.9 Å². The lowest BCUT2D eigenvalue weighted by atomic mass is 10.2. The van der Waals surface area contributed by atoms with Crippen molar-refractivity contribution in [2.45, 2.75) is 33.7 Å².